The molecule has 2 aromatic carbocycles. The van der Waals surface area contributed by atoms with Crippen LogP contribution in [0.3, 0.4) is 0 Å². The number of hydrogen-bond donors (Lipinski definition) is 1. The van der Waals surface area contributed by atoms with Crippen LogP contribution in [0.4, 0.5) is 5.69 Å². The molecule has 0 fully saturated rings. The maximum absolute atomic E-state index is 13.3. The summed E-state index contributed by atoms with van der Waals surface area (Å²) < 4.78 is 10.6. The zero-order valence-electron chi connectivity index (χ0n) is 21.7. The third kappa shape index (κ3) is 7.04. The van der Waals surface area contributed by atoms with Gasteiger partial charge in [0.05, 0.1) is 35.7 Å². The average molecular weight is 508 g/mol. The van der Waals surface area contributed by atoms with Gasteiger partial charge in [-0.1, -0.05) is 42.5 Å². The Morgan fingerprint density at radius 2 is 1.68 bits per heavy atom. The monoisotopic (exact) mass is 507 g/mol. The summed E-state index contributed by atoms with van der Waals surface area (Å²) in [5.74, 6) is -2.06. The van der Waals surface area contributed by atoms with E-state index in [-0.39, 0.29) is 23.4 Å². The van der Waals surface area contributed by atoms with E-state index in [0.717, 1.165) is 19.5 Å². The third-order valence-electron chi connectivity index (χ3n) is 6.26. The van der Waals surface area contributed by atoms with E-state index < -0.39 is 22.8 Å². The van der Waals surface area contributed by atoms with Crippen molar-refractivity contribution in [3.05, 3.63) is 98.4 Å². The Kier molecular flexibility index (Phi) is 9.57. The van der Waals surface area contributed by atoms with Crippen LogP contribution >= 0.6 is 0 Å². The van der Waals surface area contributed by atoms with Crippen molar-refractivity contribution < 1.29 is 24.0 Å². The maximum atomic E-state index is 13.3. The molecule has 0 saturated carbocycles. The number of nitro benzene ring substituents is 1. The van der Waals surface area contributed by atoms with Gasteiger partial charge in [-0.15, -0.1) is 0 Å². The van der Waals surface area contributed by atoms with Gasteiger partial charge in [0.1, 0.15) is 0 Å². The van der Waals surface area contributed by atoms with Crippen LogP contribution in [0.2, 0.25) is 0 Å². The number of hydrogen-bond acceptors (Lipinski definition) is 8. The number of nitro groups is 1. The minimum atomic E-state index is -0.863. The second-order valence-electron chi connectivity index (χ2n) is 9.05. The van der Waals surface area contributed by atoms with E-state index in [2.05, 4.69) is 22.3 Å². The van der Waals surface area contributed by atoms with Gasteiger partial charge >= 0.3 is 11.9 Å². The summed E-state index contributed by atoms with van der Waals surface area (Å²) in [5, 5.41) is 14.5. The fourth-order valence-corrected chi connectivity index (χ4v) is 4.50. The lowest BCUT2D eigenvalue weighted by Crippen LogP contribution is -2.32. The van der Waals surface area contributed by atoms with Crippen LogP contribution in [0, 0.1) is 10.1 Å². The van der Waals surface area contributed by atoms with E-state index in [9.17, 15) is 19.7 Å². The molecule has 1 N–H and O–H groups in total. The van der Waals surface area contributed by atoms with Gasteiger partial charge in [0, 0.05) is 30.1 Å². The highest BCUT2D eigenvalue weighted by molar-refractivity contribution is 5.99. The highest BCUT2D eigenvalue weighted by atomic mass is 16.6. The van der Waals surface area contributed by atoms with Crippen LogP contribution in [0.5, 0.6) is 0 Å². The smallest absolute Gasteiger partial charge is 0.336 e. The minimum absolute atomic E-state index is 0.136. The lowest BCUT2D eigenvalue weighted by atomic mass is 9.80. The minimum Gasteiger partial charge on any atom is -0.466 e. The summed E-state index contributed by atoms with van der Waals surface area (Å²) in [5.41, 5.74) is 3.01. The van der Waals surface area contributed by atoms with E-state index in [4.69, 9.17) is 9.47 Å². The predicted octanol–water partition coefficient (Wildman–Crippen LogP) is 4.46. The normalized spacial score (nSPS) is 15.4. The van der Waals surface area contributed by atoms with E-state index in [1.54, 1.807) is 19.9 Å². The molecule has 1 atom stereocenters. The number of nitrogens with one attached hydrogen (secondary N) is 1. The highest BCUT2D eigenvalue weighted by Crippen LogP contribution is 2.40. The second-order valence-corrected chi connectivity index (χ2v) is 9.05. The highest BCUT2D eigenvalue weighted by Gasteiger charge is 2.38. The molecule has 1 unspecified atom stereocenters. The van der Waals surface area contributed by atoms with Crippen LogP contribution in [0.15, 0.2) is 77.1 Å². The lowest BCUT2D eigenvalue weighted by molar-refractivity contribution is -0.384. The predicted molar refractivity (Wildman–Crippen MR) is 139 cm³/mol. The Morgan fingerprint density at radius 3 is 2.32 bits per heavy atom. The first-order valence-electron chi connectivity index (χ1n) is 12.1. The zero-order chi connectivity index (χ0) is 26.9. The number of benzene rings is 2. The van der Waals surface area contributed by atoms with E-state index in [0.29, 0.717) is 23.4 Å². The Morgan fingerprint density at radius 1 is 1.00 bits per heavy atom. The average Bonchev–Trinajstić information content (AvgIpc) is 2.88. The largest absolute Gasteiger partial charge is 0.466 e. The molecule has 3 rings (SSSR count). The van der Waals surface area contributed by atoms with Gasteiger partial charge in [0.15, 0.2) is 0 Å². The molecule has 1 aliphatic heterocycles. The molecule has 0 radical (unpaired) electrons. The van der Waals surface area contributed by atoms with Gasteiger partial charge in [-0.2, -0.15) is 0 Å². The zero-order valence-corrected chi connectivity index (χ0v) is 21.7. The number of rotatable bonds is 11. The standard InChI is InChI=1S/C28H33N3O6/c1-19-24(27(32)36-4)26(22-13-10-14-23(17-22)31(34)35)25(20(2)29-19)28(33)37-16-9-8-15-30(3)18-21-11-6-5-7-12-21/h5-7,10-14,17,26,29H,8-9,15-16,18H2,1-4H3. The topological polar surface area (TPSA) is 111 Å². The molecule has 9 heteroatoms. The van der Waals surface area contributed by atoms with Gasteiger partial charge in [0.2, 0.25) is 0 Å². The number of allylic oxidation sites excluding steroid dienone is 2. The molecular weight excluding hydrogens is 474 g/mol. The van der Waals surface area contributed by atoms with Gasteiger partial charge in [0.25, 0.3) is 5.69 Å². The van der Waals surface area contributed by atoms with Crippen molar-refractivity contribution in [2.75, 3.05) is 27.3 Å². The molecule has 37 heavy (non-hydrogen) atoms. The van der Waals surface area contributed by atoms with Crippen molar-refractivity contribution in [1.29, 1.82) is 0 Å². The van der Waals surface area contributed by atoms with Crippen LogP contribution in [0.1, 0.15) is 43.7 Å². The Hall–Kier alpha value is -3.98. The SMILES string of the molecule is COC(=O)C1=C(C)NC(C)=C(C(=O)OCCCCN(C)Cc2ccccc2)C1c1cccc([N+](=O)[O-])c1. The van der Waals surface area contributed by atoms with E-state index >= 15 is 0 Å². The quantitative estimate of drug-likeness (QED) is 0.205. The number of non-ortho nitro benzene ring substituents is 1. The molecule has 2 aromatic rings. The summed E-state index contributed by atoms with van der Waals surface area (Å²) in [4.78, 5) is 39.1. The molecule has 0 bridgehead atoms. The Labute approximate surface area is 216 Å². The van der Waals surface area contributed by atoms with Crippen LogP contribution < -0.4 is 5.32 Å². The molecule has 0 saturated heterocycles. The Balaban J connectivity index is 1.70. The van der Waals surface area contributed by atoms with Crippen LogP contribution in [-0.2, 0) is 25.6 Å². The number of carbonyl (C=O) groups is 2. The summed E-state index contributed by atoms with van der Waals surface area (Å²) in [6.45, 7) is 5.32. The number of nitrogens with zero attached hydrogens (tertiary/aromatic N) is 2. The molecule has 0 aromatic heterocycles. The number of esters is 2. The van der Waals surface area contributed by atoms with Crippen molar-refractivity contribution in [3.63, 3.8) is 0 Å². The molecule has 196 valence electrons. The lowest BCUT2D eigenvalue weighted by Gasteiger charge is -2.30. The van der Waals surface area contributed by atoms with Gasteiger partial charge in [-0.25, -0.2) is 9.59 Å². The van der Waals surface area contributed by atoms with Crippen molar-refractivity contribution in [3.8, 4) is 0 Å². The number of unbranched alkanes of at least 4 members (excludes halogenated alkanes) is 1. The first kappa shape index (κ1) is 27.6. The molecule has 0 spiro atoms. The van der Waals surface area contributed by atoms with Crippen LogP contribution in [0.25, 0.3) is 0 Å². The van der Waals surface area contributed by atoms with Crippen molar-refractivity contribution in [2.24, 2.45) is 0 Å². The molecular formula is C28H33N3O6. The maximum Gasteiger partial charge on any atom is 0.336 e. The number of ether oxygens (including phenoxy) is 2. The summed E-state index contributed by atoms with van der Waals surface area (Å²) >= 11 is 0. The summed E-state index contributed by atoms with van der Waals surface area (Å²) in [6, 6.07) is 16.1. The molecule has 1 aliphatic rings. The first-order chi connectivity index (χ1) is 17.7. The molecule has 1 heterocycles. The summed E-state index contributed by atoms with van der Waals surface area (Å²) in [6.07, 6.45) is 1.51. The first-order valence-corrected chi connectivity index (χ1v) is 12.1. The molecule has 0 amide bonds. The fraction of sp³-hybridized carbons (Fsp3) is 0.357. The number of dihydropyridines is 1. The summed E-state index contributed by atoms with van der Waals surface area (Å²) in [7, 11) is 3.30. The molecule has 0 aliphatic carbocycles. The third-order valence-corrected chi connectivity index (χ3v) is 6.26. The molecule has 9 nitrogen and oxygen atoms in total. The number of methoxy groups -OCH3 is 1. The number of carbonyl (C=O) groups excluding carboxylic acids is 2. The van der Waals surface area contributed by atoms with Crippen molar-refractivity contribution >= 4 is 17.6 Å². The van der Waals surface area contributed by atoms with Gasteiger partial charge in [-0.05, 0) is 51.4 Å². The van der Waals surface area contributed by atoms with Gasteiger partial charge < -0.3 is 19.7 Å². The van der Waals surface area contributed by atoms with E-state index in [1.807, 2.05) is 25.2 Å². The van der Waals surface area contributed by atoms with Crippen molar-refractivity contribution in [1.82, 2.24) is 10.2 Å². The van der Waals surface area contributed by atoms with Crippen LogP contribution in [-0.4, -0.2) is 49.1 Å². The second kappa shape index (κ2) is 12.8. The Bertz CT molecular complexity index is 1210. The van der Waals surface area contributed by atoms with Gasteiger partial charge in [-0.3, -0.25) is 10.1 Å². The van der Waals surface area contributed by atoms with Crippen molar-refractivity contribution in [2.45, 2.75) is 39.2 Å². The van der Waals surface area contributed by atoms with E-state index in [1.165, 1.54) is 30.9 Å². The fourth-order valence-electron chi connectivity index (χ4n) is 4.50.